The third kappa shape index (κ3) is 2.01. The smallest absolute Gasteiger partial charge is 0.188 e. The van der Waals surface area contributed by atoms with Crippen molar-refractivity contribution in [1.29, 1.82) is 0 Å². The average molecular weight is 304 g/mol. The number of methoxy groups -OCH3 is 1. The molecule has 2 heterocycles. The van der Waals surface area contributed by atoms with Crippen molar-refractivity contribution in [2.75, 3.05) is 7.11 Å². The van der Waals surface area contributed by atoms with Crippen LogP contribution in [-0.4, -0.2) is 27.1 Å². The van der Waals surface area contributed by atoms with Crippen molar-refractivity contribution in [2.45, 2.75) is 12.6 Å². The van der Waals surface area contributed by atoms with Crippen molar-refractivity contribution >= 4 is 21.9 Å². The minimum absolute atomic E-state index is 0.802. The average Bonchev–Trinajstić information content (AvgIpc) is 3.05. The van der Waals surface area contributed by atoms with Crippen LogP contribution in [-0.2, 0) is 10.5 Å². The normalized spacial score (nSPS) is 14.2. The zero-order valence-corrected chi connectivity index (χ0v) is 13.0. The molecule has 4 rings (SSSR count). The molecule has 4 aromatic rings. The van der Waals surface area contributed by atoms with Crippen molar-refractivity contribution in [2.24, 2.45) is 0 Å². The number of pyridine rings is 1. The highest BCUT2D eigenvalue weighted by molar-refractivity contribution is 5.83. The molecule has 0 fully saturated rings. The first kappa shape index (κ1) is 13.8. The summed E-state index contributed by atoms with van der Waals surface area (Å²) in [4.78, 5) is 4.54. The molecule has 2 aromatic carbocycles. The number of rotatable bonds is 3. The van der Waals surface area contributed by atoms with Gasteiger partial charge in [0.2, 0.25) is 0 Å². The molecular weight excluding hydrogens is 288 g/mol. The van der Waals surface area contributed by atoms with Crippen molar-refractivity contribution in [3.05, 3.63) is 66.4 Å². The van der Waals surface area contributed by atoms with Crippen LogP contribution in [0.1, 0.15) is 12.5 Å². The minimum atomic E-state index is -0.802. The standard InChI is InChI=1S/C18H16N4O/c1-18(23-2,22-16-11-4-3-10-15(16)20-21-22)14-9-5-7-13-8-6-12-19-17(13)14/h3-12H,1-2H3. The number of aromatic nitrogens is 4. The Morgan fingerprint density at radius 3 is 2.70 bits per heavy atom. The van der Waals surface area contributed by atoms with Gasteiger partial charge in [-0.25, -0.2) is 4.68 Å². The highest BCUT2D eigenvalue weighted by atomic mass is 16.5. The van der Waals surface area contributed by atoms with Crippen molar-refractivity contribution in [3.8, 4) is 0 Å². The van der Waals surface area contributed by atoms with Crippen LogP contribution in [0.25, 0.3) is 21.9 Å². The molecule has 0 saturated carbocycles. The molecule has 1 atom stereocenters. The molecule has 5 heteroatoms. The molecule has 5 nitrogen and oxygen atoms in total. The van der Waals surface area contributed by atoms with Gasteiger partial charge in [0.25, 0.3) is 0 Å². The van der Waals surface area contributed by atoms with Gasteiger partial charge >= 0.3 is 0 Å². The first-order valence-electron chi connectivity index (χ1n) is 7.44. The molecule has 0 amide bonds. The quantitative estimate of drug-likeness (QED) is 0.582. The topological polar surface area (TPSA) is 52.8 Å². The van der Waals surface area contributed by atoms with Gasteiger partial charge in [0.05, 0.1) is 11.0 Å². The second-order valence-electron chi connectivity index (χ2n) is 5.56. The summed E-state index contributed by atoms with van der Waals surface area (Å²) in [5, 5.41) is 9.65. The van der Waals surface area contributed by atoms with E-state index in [1.54, 1.807) is 13.3 Å². The van der Waals surface area contributed by atoms with Gasteiger partial charge < -0.3 is 4.74 Å². The molecular formula is C18H16N4O. The first-order valence-corrected chi connectivity index (χ1v) is 7.44. The van der Waals surface area contributed by atoms with E-state index >= 15 is 0 Å². The fourth-order valence-corrected chi connectivity index (χ4v) is 2.97. The highest BCUT2D eigenvalue weighted by Crippen LogP contribution is 2.33. The van der Waals surface area contributed by atoms with E-state index in [-0.39, 0.29) is 0 Å². The Kier molecular flexibility index (Phi) is 3.09. The first-order chi connectivity index (χ1) is 11.2. The van der Waals surface area contributed by atoms with E-state index in [1.165, 1.54) is 0 Å². The number of nitrogens with zero attached hydrogens (tertiary/aromatic N) is 4. The zero-order chi connectivity index (χ0) is 15.9. The van der Waals surface area contributed by atoms with Crippen molar-refractivity contribution in [1.82, 2.24) is 20.0 Å². The maximum absolute atomic E-state index is 5.90. The lowest BCUT2D eigenvalue weighted by molar-refractivity contribution is -0.0311. The van der Waals surface area contributed by atoms with Gasteiger partial charge in [-0.2, -0.15) is 0 Å². The molecule has 0 spiro atoms. The van der Waals surface area contributed by atoms with Crippen LogP contribution >= 0.6 is 0 Å². The summed E-state index contributed by atoms with van der Waals surface area (Å²) < 4.78 is 7.72. The van der Waals surface area contributed by atoms with Gasteiger partial charge in [-0.15, -0.1) is 5.10 Å². The van der Waals surface area contributed by atoms with Crippen LogP contribution in [0.3, 0.4) is 0 Å². The summed E-state index contributed by atoms with van der Waals surface area (Å²) in [6.45, 7) is 1.98. The van der Waals surface area contributed by atoms with E-state index in [4.69, 9.17) is 4.74 Å². The molecule has 1 unspecified atom stereocenters. The van der Waals surface area contributed by atoms with Gasteiger partial charge in [-0.1, -0.05) is 41.6 Å². The van der Waals surface area contributed by atoms with Crippen LogP contribution in [0, 0.1) is 0 Å². The number of hydrogen-bond donors (Lipinski definition) is 0. The van der Waals surface area contributed by atoms with E-state index in [0.717, 1.165) is 27.5 Å². The fraction of sp³-hybridized carbons (Fsp3) is 0.167. The highest BCUT2D eigenvalue weighted by Gasteiger charge is 2.33. The predicted molar refractivity (Wildman–Crippen MR) is 89.0 cm³/mol. The van der Waals surface area contributed by atoms with Crippen molar-refractivity contribution in [3.63, 3.8) is 0 Å². The van der Waals surface area contributed by atoms with Gasteiger partial charge in [-0.3, -0.25) is 4.98 Å². The molecule has 0 aliphatic heterocycles. The van der Waals surface area contributed by atoms with E-state index < -0.39 is 5.72 Å². The number of benzene rings is 2. The summed E-state index contributed by atoms with van der Waals surface area (Å²) in [5.41, 5.74) is 2.81. The van der Waals surface area contributed by atoms with E-state index in [9.17, 15) is 0 Å². The Balaban J connectivity index is 2.03. The molecule has 114 valence electrons. The number of fused-ring (bicyclic) bond motifs is 2. The van der Waals surface area contributed by atoms with Crippen LogP contribution in [0.4, 0.5) is 0 Å². The fourth-order valence-electron chi connectivity index (χ4n) is 2.97. The van der Waals surface area contributed by atoms with Gasteiger partial charge in [0.15, 0.2) is 5.72 Å². The van der Waals surface area contributed by atoms with E-state index in [0.29, 0.717) is 0 Å². The molecule has 0 aliphatic carbocycles. The Morgan fingerprint density at radius 2 is 1.83 bits per heavy atom. The van der Waals surface area contributed by atoms with Gasteiger partial charge in [0.1, 0.15) is 5.52 Å². The number of hydrogen-bond acceptors (Lipinski definition) is 4. The summed E-state index contributed by atoms with van der Waals surface area (Å²) in [6.07, 6.45) is 1.79. The number of para-hydroxylation sites is 2. The monoisotopic (exact) mass is 304 g/mol. The molecule has 0 radical (unpaired) electrons. The summed E-state index contributed by atoms with van der Waals surface area (Å²) >= 11 is 0. The Morgan fingerprint density at radius 1 is 1.00 bits per heavy atom. The summed E-state index contributed by atoms with van der Waals surface area (Å²) in [5.74, 6) is 0. The van der Waals surface area contributed by atoms with Gasteiger partial charge in [-0.05, 0) is 25.1 Å². The van der Waals surface area contributed by atoms with Crippen LogP contribution in [0.15, 0.2) is 60.8 Å². The van der Waals surface area contributed by atoms with Crippen LogP contribution in [0.2, 0.25) is 0 Å². The second kappa shape index (κ2) is 5.14. The maximum Gasteiger partial charge on any atom is 0.188 e. The molecule has 0 N–H and O–H groups in total. The Bertz CT molecular complexity index is 989. The SMILES string of the molecule is COC(C)(c1cccc2cccnc12)n1nnc2ccccc21. The van der Waals surface area contributed by atoms with E-state index in [2.05, 4.69) is 15.3 Å². The maximum atomic E-state index is 5.90. The van der Waals surface area contributed by atoms with Crippen LogP contribution in [0.5, 0.6) is 0 Å². The zero-order valence-electron chi connectivity index (χ0n) is 13.0. The van der Waals surface area contributed by atoms with Gasteiger partial charge in [0, 0.05) is 24.3 Å². The lowest BCUT2D eigenvalue weighted by Crippen LogP contribution is -2.35. The third-order valence-electron chi connectivity index (χ3n) is 4.29. The molecule has 0 saturated heterocycles. The Hall–Kier alpha value is -2.79. The largest absolute Gasteiger partial charge is 0.353 e. The Labute approximate surface area is 133 Å². The summed E-state index contributed by atoms with van der Waals surface area (Å²) in [6, 6.07) is 17.9. The molecule has 0 bridgehead atoms. The molecule has 23 heavy (non-hydrogen) atoms. The second-order valence-corrected chi connectivity index (χ2v) is 5.56. The van der Waals surface area contributed by atoms with E-state index in [1.807, 2.05) is 66.2 Å². The minimum Gasteiger partial charge on any atom is -0.353 e. The third-order valence-corrected chi connectivity index (χ3v) is 4.29. The number of ether oxygens (including phenoxy) is 1. The molecule has 2 aromatic heterocycles. The lowest BCUT2D eigenvalue weighted by Gasteiger charge is -2.29. The predicted octanol–water partition coefficient (Wildman–Crippen LogP) is 3.35. The summed E-state index contributed by atoms with van der Waals surface area (Å²) in [7, 11) is 1.68. The van der Waals surface area contributed by atoms with Crippen LogP contribution < -0.4 is 0 Å². The van der Waals surface area contributed by atoms with Crippen molar-refractivity contribution < 1.29 is 4.74 Å². The lowest BCUT2D eigenvalue weighted by atomic mass is 10.0. The molecule has 0 aliphatic rings.